The molecule has 1 aliphatic carbocycles. The lowest BCUT2D eigenvalue weighted by molar-refractivity contribution is -0.0563. The van der Waals surface area contributed by atoms with Crippen LogP contribution in [0.15, 0.2) is 12.7 Å². The number of aromatic nitrogens is 4. The molecule has 21 heavy (non-hydrogen) atoms. The van der Waals surface area contributed by atoms with E-state index in [1.54, 1.807) is 0 Å². The summed E-state index contributed by atoms with van der Waals surface area (Å²) in [6, 6.07) is 0. The highest BCUT2D eigenvalue weighted by Crippen LogP contribution is 2.57. The number of aliphatic hydroxyl groups excluding tert-OH is 3. The van der Waals surface area contributed by atoms with Gasteiger partial charge in [0.05, 0.1) is 6.33 Å². The van der Waals surface area contributed by atoms with Crippen molar-refractivity contribution < 1.29 is 20.1 Å². The van der Waals surface area contributed by atoms with Gasteiger partial charge < -0.3 is 25.8 Å². The summed E-state index contributed by atoms with van der Waals surface area (Å²) in [5, 5.41) is 29.7. The van der Waals surface area contributed by atoms with E-state index >= 15 is 0 Å². The Kier molecular flexibility index (Phi) is 2.52. The predicted molar refractivity (Wildman–Crippen MR) is 69.8 cm³/mol. The number of fused-ring (bicyclic) bond motifs is 1. The first kappa shape index (κ1) is 12.9. The minimum absolute atomic E-state index is 0.0870. The molecule has 9 nitrogen and oxygen atoms in total. The van der Waals surface area contributed by atoms with E-state index in [4.69, 9.17) is 10.5 Å². The topological polar surface area (TPSA) is 140 Å². The Hall–Kier alpha value is -1.81. The maximum atomic E-state index is 10.3. The zero-order valence-electron chi connectivity index (χ0n) is 11.0. The molecule has 1 spiro atoms. The van der Waals surface area contributed by atoms with Crippen LogP contribution in [-0.2, 0) is 4.74 Å². The third-order valence-electron chi connectivity index (χ3n) is 4.43. The second-order valence-electron chi connectivity index (χ2n) is 5.57. The molecule has 5 N–H and O–H groups in total. The monoisotopic (exact) mass is 293 g/mol. The molecule has 9 heteroatoms. The van der Waals surface area contributed by atoms with Gasteiger partial charge in [0.15, 0.2) is 17.7 Å². The van der Waals surface area contributed by atoms with Gasteiger partial charge >= 0.3 is 0 Å². The van der Waals surface area contributed by atoms with Gasteiger partial charge in [0, 0.05) is 12.5 Å². The third-order valence-corrected chi connectivity index (χ3v) is 4.43. The number of hydrogen-bond donors (Lipinski definition) is 4. The highest BCUT2D eigenvalue weighted by Gasteiger charge is 2.68. The van der Waals surface area contributed by atoms with Crippen molar-refractivity contribution in [1.82, 2.24) is 19.5 Å². The quantitative estimate of drug-likeness (QED) is 0.519. The molecule has 0 amide bonds. The minimum atomic E-state index is -1.13. The second kappa shape index (κ2) is 4.10. The lowest BCUT2D eigenvalue weighted by Crippen LogP contribution is -2.34. The summed E-state index contributed by atoms with van der Waals surface area (Å²) in [6.45, 7) is -0.0870. The van der Waals surface area contributed by atoms with E-state index in [9.17, 15) is 15.3 Å². The number of nitrogens with two attached hydrogens (primary N) is 1. The van der Waals surface area contributed by atoms with Gasteiger partial charge in [-0.3, -0.25) is 4.57 Å². The predicted octanol–water partition coefficient (Wildman–Crippen LogP) is -1.59. The van der Waals surface area contributed by atoms with Crippen molar-refractivity contribution in [1.29, 1.82) is 0 Å². The van der Waals surface area contributed by atoms with Gasteiger partial charge in [-0.2, -0.15) is 0 Å². The van der Waals surface area contributed by atoms with Crippen molar-refractivity contribution in [2.24, 2.45) is 5.92 Å². The summed E-state index contributed by atoms with van der Waals surface area (Å²) in [4.78, 5) is 12.1. The van der Waals surface area contributed by atoms with Crippen LogP contribution in [0, 0.1) is 5.92 Å². The van der Waals surface area contributed by atoms with Crippen molar-refractivity contribution in [2.45, 2.75) is 30.5 Å². The molecule has 0 bridgehead atoms. The number of aliphatic hydroxyl groups is 3. The van der Waals surface area contributed by atoms with Crippen LogP contribution in [0.2, 0.25) is 0 Å². The molecule has 2 aromatic rings. The number of nitrogen functional groups attached to an aromatic ring is 1. The summed E-state index contributed by atoms with van der Waals surface area (Å²) in [5.41, 5.74) is 5.69. The van der Waals surface area contributed by atoms with Gasteiger partial charge in [0.2, 0.25) is 0 Å². The SMILES string of the molecule is Nc1ncnc2c1ncn2C1O[C@@]2(C[C@H]2CO)C(O)[C@@H]1O. The van der Waals surface area contributed by atoms with Crippen LogP contribution in [0.3, 0.4) is 0 Å². The zero-order valence-corrected chi connectivity index (χ0v) is 11.0. The number of nitrogens with zero attached hydrogens (tertiary/aromatic N) is 4. The van der Waals surface area contributed by atoms with Crippen molar-refractivity contribution >= 4 is 17.0 Å². The van der Waals surface area contributed by atoms with Crippen LogP contribution in [0.4, 0.5) is 5.82 Å². The summed E-state index contributed by atoms with van der Waals surface area (Å²) >= 11 is 0. The van der Waals surface area contributed by atoms with Crippen molar-refractivity contribution in [3.63, 3.8) is 0 Å². The van der Waals surface area contributed by atoms with Crippen molar-refractivity contribution in [3.8, 4) is 0 Å². The smallest absolute Gasteiger partial charge is 0.167 e. The van der Waals surface area contributed by atoms with E-state index < -0.39 is 24.0 Å². The molecule has 3 heterocycles. The molecule has 5 atom stereocenters. The summed E-state index contributed by atoms with van der Waals surface area (Å²) < 4.78 is 7.37. The van der Waals surface area contributed by atoms with E-state index in [0.29, 0.717) is 17.6 Å². The fourth-order valence-corrected chi connectivity index (χ4v) is 3.14. The molecule has 4 rings (SSSR count). The Morgan fingerprint density at radius 2 is 2.19 bits per heavy atom. The lowest BCUT2D eigenvalue weighted by Gasteiger charge is -2.16. The molecule has 2 aromatic heterocycles. The number of rotatable bonds is 2. The largest absolute Gasteiger partial charge is 0.396 e. The summed E-state index contributed by atoms with van der Waals surface area (Å²) in [7, 11) is 0. The highest BCUT2D eigenvalue weighted by atomic mass is 16.6. The Balaban J connectivity index is 1.75. The Bertz CT molecular complexity index is 706. The van der Waals surface area contributed by atoms with Crippen LogP contribution >= 0.6 is 0 Å². The van der Waals surface area contributed by atoms with Crippen LogP contribution in [-0.4, -0.2) is 59.3 Å². The van der Waals surface area contributed by atoms with Gasteiger partial charge in [0.25, 0.3) is 0 Å². The second-order valence-corrected chi connectivity index (χ2v) is 5.57. The van der Waals surface area contributed by atoms with Crippen molar-refractivity contribution in [3.05, 3.63) is 12.7 Å². The molecule has 112 valence electrons. The first-order valence-corrected chi connectivity index (χ1v) is 6.66. The average Bonchev–Trinajstić information content (AvgIpc) is 2.94. The minimum Gasteiger partial charge on any atom is -0.396 e. The Morgan fingerprint density at radius 3 is 2.90 bits per heavy atom. The standard InChI is InChI=1S/C12H15N5O4/c13-9-6-10(15-3-14-9)17(4-16-6)11-7(19)8(20)12(21-11)1-5(12)2-18/h3-5,7-8,11,18-20H,1-2H2,(H2,13,14,15)/t5-,7-,8?,11?,12+/m0/s1. The Morgan fingerprint density at radius 1 is 1.38 bits per heavy atom. The van der Waals surface area contributed by atoms with Crippen LogP contribution < -0.4 is 5.73 Å². The van der Waals surface area contributed by atoms with Crippen LogP contribution in [0.25, 0.3) is 11.2 Å². The summed E-state index contributed by atoms with van der Waals surface area (Å²) in [5.74, 6) is 0.0720. The van der Waals surface area contributed by atoms with E-state index in [0.717, 1.165) is 0 Å². The zero-order chi connectivity index (χ0) is 14.8. The molecule has 1 saturated carbocycles. The molecule has 1 saturated heterocycles. The third kappa shape index (κ3) is 1.57. The van der Waals surface area contributed by atoms with Gasteiger partial charge in [-0.05, 0) is 6.42 Å². The number of hydrogen-bond acceptors (Lipinski definition) is 8. The van der Waals surface area contributed by atoms with Gasteiger partial charge in [-0.1, -0.05) is 0 Å². The molecule has 0 radical (unpaired) electrons. The molecule has 2 fully saturated rings. The fraction of sp³-hybridized carbons (Fsp3) is 0.583. The molecule has 1 aliphatic heterocycles. The molecular weight excluding hydrogens is 278 g/mol. The molecule has 2 aliphatic rings. The normalized spacial score (nSPS) is 38.4. The van der Waals surface area contributed by atoms with Gasteiger partial charge in [-0.15, -0.1) is 0 Å². The number of imidazole rings is 1. The molecule has 2 unspecified atom stereocenters. The highest BCUT2D eigenvalue weighted by molar-refractivity contribution is 5.81. The van der Waals surface area contributed by atoms with E-state index in [-0.39, 0.29) is 18.3 Å². The lowest BCUT2D eigenvalue weighted by atomic mass is 10.1. The molecular formula is C12H15N5O4. The van der Waals surface area contributed by atoms with Gasteiger partial charge in [0.1, 0.15) is 29.7 Å². The number of ether oxygens (including phenoxy) is 1. The maximum Gasteiger partial charge on any atom is 0.167 e. The maximum absolute atomic E-state index is 10.3. The van der Waals surface area contributed by atoms with Gasteiger partial charge in [-0.25, -0.2) is 15.0 Å². The fourth-order valence-electron chi connectivity index (χ4n) is 3.14. The summed E-state index contributed by atoms with van der Waals surface area (Å²) in [6.07, 6.45) is 0.257. The van der Waals surface area contributed by atoms with Crippen LogP contribution in [0.5, 0.6) is 0 Å². The Labute approximate surface area is 119 Å². The van der Waals surface area contributed by atoms with E-state index in [1.165, 1.54) is 17.2 Å². The number of anilines is 1. The first-order valence-electron chi connectivity index (χ1n) is 6.66. The van der Waals surface area contributed by atoms with E-state index in [1.807, 2.05) is 0 Å². The van der Waals surface area contributed by atoms with Crippen molar-refractivity contribution in [2.75, 3.05) is 12.3 Å². The van der Waals surface area contributed by atoms with E-state index in [2.05, 4.69) is 15.0 Å². The molecule has 0 aromatic carbocycles. The average molecular weight is 293 g/mol. The van der Waals surface area contributed by atoms with Crippen LogP contribution in [0.1, 0.15) is 12.6 Å². The first-order chi connectivity index (χ1) is 10.1.